The molecule has 0 unspecified atom stereocenters. The summed E-state index contributed by atoms with van der Waals surface area (Å²) in [6, 6.07) is 14.3. The predicted molar refractivity (Wildman–Crippen MR) is 127 cm³/mol. The highest BCUT2D eigenvalue weighted by Crippen LogP contribution is 2.35. The molecular formula is C24H23N3O5S. The lowest BCUT2D eigenvalue weighted by molar-refractivity contribution is -0.123. The summed E-state index contributed by atoms with van der Waals surface area (Å²) in [5.74, 6) is 1.16. The molecule has 0 saturated carbocycles. The number of nitrogens with zero attached hydrogens (tertiary/aromatic N) is 1. The minimum Gasteiger partial charge on any atom is -0.484 e. The number of thiophene rings is 1. The fourth-order valence-electron chi connectivity index (χ4n) is 3.07. The van der Waals surface area contributed by atoms with Crippen LogP contribution in [0.3, 0.4) is 0 Å². The zero-order valence-corrected chi connectivity index (χ0v) is 19.0. The summed E-state index contributed by atoms with van der Waals surface area (Å²) in [6.07, 6.45) is 0.899. The lowest BCUT2D eigenvalue weighted by atomic mass is 10.1. The van der Waals surface area contributed by atoms with Gasteiger partial charge < -0.3 is 19.5 Å². The van der Waals surface area contributed by atoms with Gasteiger partial charge in [0.2, 0.25) is 6.79 Å². The molecule has 2 amide bonds. The first-order valence-electron chi connectivity index (χ1n) is 10.4. The molecule has 0 spiro atoms. The van der Waals surface area contributed by atoms with Crippen LogP contribution in [-0.2, 0) is 11.2 Å². The maximum Gasteiger partial charge on any atom is 0.277 e. The number of aryl methyl sites for hydroxylation is 1. The SMILES string of the molecule is CCc1cc(C(=O)Nc2cccc(/C(C)=N\NC(=O)COc3ccc4c(c3)OCO4)c2)cs1. The number of amides is 2. The number of ether oxygens (including phenoxy) is 3. The van der Waals surface area contributed by atoms with Gasteiger partial charge in [0.05, 0.1) is 11.3 Å². The Morgan fingerprint density at radius 2 is 1.94 bits per heavy atom. The van der Waals surface area contributed by atoms with Crippen molar-refractivity contribution in [2.24, 2.45) is 5.10 Å². The summed E-state index contributed by atoms with van der Waals surface area (Å²) in [7, 11) is 0. The number of carbonyl (C=O) groups excluding carboxylic acids is 2. The van der Waals surface area contributed by atoms with E-state index in [0.29, 0.717) is 34.2 Å². The number of fused-ring (bicyclic) bond motifs is 1. The normalized spacial score (nSPS) is 12.4. The Balaban J connectivity index is 1.31. The number of hydrogen-bond acceptors (Lipinski definition) is 7. The van der Waals surface area contributed by atoms with Gasteiger partial charge in [0.25, 0.3) is 11.8 Å². The van der Waals surface area contributed by atoms with Gasteiger partial charge in [-0.3, -0.25) is 9.59 Å². The fraction of sp³-hybridized carbons (Fsp3) is 0.208. The monoisotopic (exact) mass is 465 g/mol. The minimum atomic E-state index is -0.402. The van der Waals surface area contributed by atoms with Gasteiger partial charge in [-0.2, -0.15) is 5.10 Å². The van der Waals surface area contributed by atoms with E-state index in [1.165, 1.54) is 0 Å². The zero-order chi connectivity index (χ0) is 23.2. The Kier molecular flexibility index (Phi) is 6.89. The molecule has 2 N–H and O–H groups in total. The molecule has 0 bridgehead atoms. The van der Waals surface area contributed by atoms with E-state index in [4.69, 9.17) is 14.2 Å². The lowest BCUT2D eigenvalue weighted by Gasteiger charge is -2.08. The molecule has 0 saturated heterocycles. The van der Waals surface area contributed by atoms with E-state index >= 15 is 0 Å². The van der Waals surface area contributed by atoms with Crippen molar-refractivity contribution in [1.82, 2.24) is 5.43 Å². The van der Waals surface area contributed by atoms with Crippen LogP contribution in [0.15, 0.2) is 59.0 Å². The standard InChI is InChI=1S/C24H23N3O5S/c1-3-20-10-17(13-33-20)24(29)25-18-6-4-5-16(9-18)15(2)26-27-23(28)12-30-19-7-8-21-22(11-19)32-14-31-21/h4-11,13H,3,12,14H2,1-2H3,(H,25,29)(H,27,28)/b26-15-. The molecular weight excluding hydrogens is 442 g/mol. The number of nitrogens with one attached hydrogen (secondary N) is 2. The molecule has 2 heterocycles. The van der Waals surface area contributed by atoms with E-state index in [9.17, 15) is 9.59 Å². The topological polar surface area (TPSA) is 98.3 Å². The molecule has 0 aliphatic carbocycles. The number of rotatable bonds is 8. The molecule has 2 aromatic carbocycles. The van der Waals surface area contributed by atoms with Gasteiger partial charge in [-0.15, -0.1) is 11.3 Å². The van der Waals surface area contributed by atoms with Crippen molar-refractivity contribution >= 4 is 34.6 Å². The smallest absolute Gasteiger partial charge is 0.277 e. The third-order valence-corrected chi connectivity index (χ3v) is 5.95. The second-order valence-corrected chi connectivity index (χ2v) is 8.22. The first-order chi connectivity index (χ1) is 16.0. The van der Waals surface area contributed by atoms with Crippen LogP contribution >= 0.6 is 11.3 Å². The van der Waals surface area contributed by atoms with E-state index in [1.54, 1.807) is 48.6 Å². The first kappa shape index (κ1) is 22.3. The van der Waals surface area contributed by atoms with Crippen LogP contribution in [0.25, 0.3) is 0 Å². The van der Waals surface area contributed by atoms with Crippen molar-refractivity contribution in [2.45, 2.75) is 20.3 Å². The van der Waals surface area contributed by atoms with Crippen molar-refractivity contribution < 1.29 is 23.8 Å². The Morgan fingerprint density at radius 1 is 1.09 bits per heavy atom. The summed E-state index contributed by atoms with van der Waals surface area (Å²) < 4.78 is 16.0. The van der Waals surface area contributed by atoms with Crippen molar-refractivity contribution in [3.63, 3.8) is 0 Å². The Bertz CT molecular complexity index is 1200. The summed E-state index contributed by atoms with van der Waals surface area (Å²) >= 11 is 1.57. The number of benzene rings is 2. The summed E-state index contributed by atoms with van der Waals surface area (Å²) in [4.78, 5) is 25.8. The van der Waals surface area contributed by atoms with Crippen LogP contribution in [-0.4, -0.2) is 30.9 Å². The fourth-order valence-corrected chi connectivity index (χ4v) is 3.88. The lowest BCUT2D eigenvalue weighted by Crippen LogP contribution is -2.25. The average Bonchev–Trinajstić information content (AvgIpc) is 3.50. The van der Waals surface area contributed by atoms with Gasteiger partial charge in [-0.25, -0.2) is 5.43 Å². The largest absolute Gasteiger partial charge is 0.484 e. The molecule has 33 heavy (non-hydrogen) atoms. The summed E-state index contributed by atoms with van der Waals surface area (Å²) in [6.45, 7) is 3.80. The molecule has 1 aromatic heterocycles. The number of hydrazone groups is 1. The average molecular weight is 466 g/mol. The van der Waals surface area contributed by atoms with Gasteiger partial charge in [0, 0.05) is 22.0 Å². The number of hydrogen-bond donors (Lipinski definition) is 2. The third kappa shape index (κ3) is 5.69. The van der Waals surface area contributed by atoms with Crippen LogP contribution in [0, 0.1) is 0 Å². The van der Waals surface area contributed by atoms with Crippen molar-refractivity contribution in [3.8, 4) is 17.2 Å². The van der Waals surface area contributed by atoms with Crippen LogP contribution in [0.2, 0.25) is 0 Å². The minimum absolute atomic E-state index is 0.160. The van der Waals surface area contributed by atoms with Crippen LogP contribution in [0.1, 0.15) is 34.6 Å². The van der Waals surface area contributed by atoms with E-state index in [-0.39, 0.29) is 19.3 Å². The third-order valence-electron chi connectivity index (χ3n) is 4.86. The van der Waals surface area contributed by atoms with Gasteiger partial charge in [0.15, 0.2) is 18.1 Å². The van der Waals surface area contributed by atoms with Gasteiger partial charge in [0.1, 0.15) is 5.75 Å². The number of carbonyl (C=O) groups is 2. The quantitative estimate of drug-likeness (QED) is 0.384. The maximum absolute atomic E-state index is 12.5. The van der Waals surface area contributed by atoms with Gasteiger partial charge in [-0.1, -0.05) is 19.1 Å². The van der Waals surface area contributed by atoms with E-state index in [1.807, 2.05) is 23.6 Å². The molecule has 3 aromatic rings. The second-order valence-electron chi connectivity index (χ2n) is 7.23. The highest BCUT2D eigenvalue weighted by atomic mass is 32.1. The van der Waals surface area contributed by atoms with Crippen molar-refractivity contribution in [2.75, 3.05) is 18.7 Å². The van der Waals surface area contributed by atoms with Crippen molar-refractivity contribution in [3.05, 3.63) is 69.9 Å². The summed E-state index contributed by atoms with van der Waals surface area (Å²) in [5.41, 5.74) is 5.13. The highest BCUT2D eigenvalue weighted by molar-refractivity contribution is 7.10. The Morgan fingerprint density at radius 3 is 2.76 bits per heavy atom. The second kappa shape index (κ2) is 10.2. The van der Waals surface area contributed by atoms with Crippen molar-refractivity contribution in [1.29, 1.82) is 0 Å². The molecule has 0 atom stereocenters. The van der Waals surface area contributed by atoms with Gasteiger partial charge >= 0.3 is 0 Å². The molecule has 1 aliphatic rings. The van der Waals surface area contributed by atoms with Crippen LogP contribution in [0.4, 0.5) is 5.69 Å². The molecule has 0 radical (unpaired) electrons. The highest BCUT2D eigenvalue weighted by Gasteiger charge is 2.14. The molecule has 4 rings (SSSR count). The zero-order valence-electron chi connectivity index (χ0n) is 18.2. The summed E-state index contributed by atoms with van der Waals surface area (Å²) in [5, 5.41) is 8.89. The van der Waals surface area contributed by atoms with Gasteiger partial charge in [-0.05, 0) is 49.2 Å². The molecule has 9 heteroatoms. The molecule has 1 aliphatic heterocycles. The molecule has 170 valence electrons. The molecule has 0 fully saturated rings. The number of anilines is 1. The molecule has 8 nitrogen and oxygen atoms in total. The maximum atomic E-state index is 12.5. The Labute approximate surface area is 195 Å². The van der Waals surface area contributed by atoms with Crippen LogP contribution in [0.5, 0.6) is 17.2 Å². The van der Waals surface area contributed by atoms with Crippen LogP contribution < -0.4 is 25.0 Å². The first-order valence-corrected chi connectivity index (χ1v) is 11.2. The van der Waals surface area contributed by atoms with E-state index in [0.717, 1.165) is 16.9 Å². The van der Waals surface area contributed by atoms with E-state index in [2.05, 4.69) is 22.8 Å². The Hall–Kier alpha value is -3.85. The predicted octanol–water partition coefficient (Wildman–Crippen LogP) is 4.21. The van der Waals surface area contributed by atoms with E-state index < -0.39 is 5.91 Å².